The van der Waals surface area contributed by atoms with Crippen molar-refractivity contribution in [2.45, 2.75) is 38.6 Å². The van der Waals surface area contributed by atoms with Crippen LogP contribution in [-0.2, 0) is 14.4 Å². The van der Waals surface area contributed by atoms with Crippen molar-refractivity contribution in [1.29, 1.82) is 0 Å². The highest BCUT2D eigenvalue weighted by atomic mass is 16.5. The van der Waals surface area contributed by atoms with Crippen LogP contribution in [0.4, 0.5) is 10.5 Å². The number of hydrogen-bond acceptors (Lipinski definition) is 5. The molecular formula is C24H25N3O5. The lowest BCUT2D eigenvalue weighted by molar-refractivity contribution is -0.145. The molecule has 8 heteroatoms. The largest absolute Gasteiger partial charge is 0.457 e. The molecular weight excluding hydrogens is 410 g/mol. The van der Waals surface area contributed by atoms with Crippen LogP contribution in [0.25, 0.3) is 0 Å². The van der Waals surface area contributed by atoms with E-state index in [0.717, 1.165) is 29.1 Å². The standard InChI is InChI=1S/C24H25N3O5/c1-16-7-5-6-10-20(16)27-23(30)22(29)26(24(27)31)15-21(28)25-17-11-13-19(14-12-17)32-18-8-3-2-4-9-18/h2-4,8-9,11-14,16,20H,5-7,10,15H2,1H3,(H,25,28). The molecule has 1 saturated carbocycles. The second kappa shape index (κ2) is 9.21. The molecule has 4 rings (SSSR count). The van der Waals surface area contributed by atoms with Crippen LogP contribution in [0, 0.1) is 5.92 Å². The van der Waals surface area contributed by atoms with E-state index in [-0.39, 0.29) is 12.0 Å². The second-order valence-electron chi connectivity index (χ2n) is 8.17. The molecule has 1 aliphatic heterocycles. The molecule has 166 valence electrons. The zero-order chi connectivity index (χ0) is 22.7. The topological polar surface area (TPSA) is 96.0 Å². The maximum atomic E-state index is 12.8. The number of carbonyl (C=O) groups excluding carboxylic acids is 4. The van der Waals surface area contributed by atoms with Gasteiger partial charge < -0.3 is 10.1 Å². The Morgan fingerprint density at radius 3 is 2.28 bits per heavy atom. The molecule has 32 heavy (non-hydrogen) atoms. The van der Waals surface area contributed by atoms with Crippen molar-refractivity contribution < 1.29 is 23.9 Å². The molecule has 1 saturated heterocycles. The Morgan fingerprint density at radius 1 is 0.938 bits per heavy atom. The zero-order valence-corrected chi connectivity index (χ0v) is 17.8. The predicted molar refractivity (Wildman–Crippen MR) is 117 cm³/mol. The first-order chi connectivity index (χ1) is 15.4. The third-order valence-electron chi connectivity index (χ3n) is 5.90. The molecule has 2 aliphatic rings. The minimum absolute atomic E-state index is 0.134. The Balaban J connectivity index is 1.36. The molecule has 1 N–H and O–H groups in total. The molecule has 0 aromatic heterocycles. The first-order valence-electron chi connectivity index (χ1n) is 10.8. The van der Waals surface area contributed by atoms with Gasteiger partial charge in [0, 0.05) is 11.7 Å². The van der Waals surface area contributed by atoms with Crippen molar-refractivity contribution >= 4 is 29.4 Å². The number of urea groups is 1. The summed E-state index contributed by atoms with van der Waals surface area (Å²) < 4.78 is 5.71. The molecule has 2 fully saturated rings. The van der Waals surface area contributed by atoms with Gasteiger partial charge in [-0.1, -0.05) is 38.0 Å². The lowest BCUT2D eigenvalue weighted by atomic mass is 9.85. The Kier molecular flexibility index (Phi) is 6.20. The van der Waals surface area contributed by atoms with E-state index in [4.69, 9.17) is 4.74 Å². The maximum Gasteiger partial charge on any atom is 0.334 e. The monoisotopic (exact) mass is 435 g/mol. The van der Waals surface area contributed by atoms with Gasteiger partial charge in [-0.3, -0.25) is 19.3 Å². The average Bonchev–Trinajstić information content (AvgIpc) is 2.99. The van der Waals surface area contributed by atoms with E-state index in [0.29, 0.717) is 23.6 Å². The SMILES string of the molecule is CC1CCCCC1N1C(=O)C(=O)N(CC(=O)Nc2ccc(Oc3ccccc3)cc2)C1=O. The van der Waals surface area contributed by atoms with Gasteiger partial charge in [0.1, 0.15) is 18.0 Å². The molecule has 0 bridgehead atoms. The molecule has 2 aromatic rings. The molecule has 5 amide bonds. The van der Waals surface area contributed by atoms with Crippen molar-refractivity contribution in [2.75, 3.05) is 11.9 Å². The van der Waals surface area contributed by atoms with Gasteiger partial charge in [-0.05, 0) is 55.2 Å². The van der Waals surface area contributed by atoms with Crippen LogP contribution in [0.5, 0.6) is 11.5 Å². The van der Waals surface area contributed by atoms with Crippen LogP contribution in [0.3, 0.4) is 0 Å². The molecule has 1 aliphatic carbocycles. The highest BCUT2D eigenvalue weighted by molar-refractivity contribution is 6.45. The summed E-state index contributed by atoms with van der Waals surface area (Å²) in [6, 6.07) is 15.0. The van der Waals surface area contributed by atoms with Crippen LogP contribution in [-0.4, -0.2) is 46.1 Å². The normalized spacial score (nSPS) is 21.1. The smallest absolute Gasteiger partial charge is 0.334 e. The molecule has 1 heterocycles. The number of amides is 5. The number of nitrogens with zero attached hydrogens (tertiary/aromatic N) is 2. The molecule has 2 atom stereocenters. The van der Waals surface area contributed by atoms with Crippen molar-refractivity contribution in [1.82, 2.24) is 9.80 Å². The molecule has 0 spiro atoms. The van der Waals surface area contributed by atoms with E-state index in [1.165, 1.54) is 0 Å². The summed E-state index contributed by atoms with van der Waals surface area (Å²) in [6.07, 6.45) is 3.54. The molecule has 2 unspecified atom stereocenters. The predicted octanol–water partition coefficient (Wildman–Crippen LogP) is 3.79. The minimum Gasteiger partial charge on any atom is -0.457 e. The summed E-state index contributed by atoms with van der Waals surface area (Å²) in [4.78, 5) is 51.9. The Labute approximate surface area is 186 Å². The number of benzene rings is 2. The quantitative estimate of drug-likeness (QED) is 0.550. The Bertz CT molecular complexity index is 1020. The van der Waals surface area contributed by atoms with Gasteiger partial charge in [0.05, 0.1) is 0 Å². The van der Waals surface area contributed by atoms with Gasteiger partial charge in [0.15, 0.2) is 0 Å². The number of rotatable bonds is 6. The van der Waals surface area contributed by atoms with Crippen LogP contribution >= 0.6 is 0 Å². The summed E-state index contributed by atoms with van der Waals surface area (Å²) in [6.45, 7) is 1.47. The van der Waals surface area contributed by atoms with E-state index in [1.54, 1.807) is 24.3 Å². The third-order valence-corrected chi connectivity index (χ3v) is 5.90. The number of hydrogen-bond donors (Lipinski definition) is 1. The van der Waals surface area contributed by atoms with E-state index in [1.807, 2.05) is 37.3 Å². The Morgan fingerprint density at radius 2 is 1.59 bits per heavy atom. The first kappa shape index (κ1) is 21.5. The first-order valence-corrected chi connectivity index (χ1v) is 10.8. The van der Waals surface area contributed by atoms with Crippen LogP contribution in [0.1, 0.15) is 32.6 Å². The van der Waals surface area contributed by atoms with Crippen LogP contribution in [0.15, 0.2) is 54.6 Å². The van der Waals surface area contributed by atoms with Gasteiger partial charge in [-0.25, -0.2) is 9.69 Å². The number of anilines is 1. The third kappa shape index (κ3) is 4.49. The number of imide groups is 2. The summed E-state index contributed by atoms with van der Waals surface area (Å²) >= 11 is 0. The molecule has 0 radical (unpaired) electrons. The summed E-state index contributed by atoms with van der Waals surface area (Å²) in [5.74, 6) is -0.929. The lowest BCUT2D eigenvalue weighted by Gasteiger charge is -2.34. The van der Waals surface area contributed by atoms with Crippen molar-refractivity contribution in [3.63, 3.8) is 0 Å². The van der Waals surface area contributed by atoms with Gasteiger partial charge in [0.2, 0.25) is 5.91 Å². The fraction of sp³-hybridized carbons (Fsp3) is 0.333. The number of nitrogens with one attached hydrogen (secondary N) is 1. The summed E-state index contributed by atoms with van der Waals surface area (Å²) in [5, 5.41) is 2.65. The van der Waals surface area contributed by atoms with E-state index in [2.05, 4.69) is 5.32 Å². The van der Waals surface area contributed by atoms with Crippen LogP contribution in [0.2, 0.25) is 0 Å². The van der Waals surface area contributed by atoms with Crippen molar-refractivity contribution in [3.05, 3.63) is 54.6 Å². The van der Waals surface area contributed by atoms with E-state index < -0.39 is 30.3 Å². The lowest BCUT2D eigenvalue weighted by Crippen LogP contribution is -2.46. The zero-order valence-electron chi connectivity index (χ0n) is 17.8. The van der Waals surface area contributed by atoms with Gasteiger partial charge in [-0.15, -0.1) is 0 Å². The minimum atomic E-state index is -0.950. The summed E-state index contributed by atoms with van der Waals surface area (Å²) in [7, 11) is 0. The van der Waals surface area contributed by atoms with E-state index >= 15 is 0 Å². The second-order valence-corrected chi connectivity index (χ2v) is 8.17. The Hall–Kier alpha value is -3.68. The number of ether oxygens (including phenoxy) is 1. The van der Waals surface area contributed by atoms with Gasteiger partial charge in [0.25, 0.3) is 0 Å². The van der Waals surface area contributed by atoms with Crippen molar-refractivity contribution in [2.24, 2.45) is 5.92 Å². The van der Waals surface area contributed by atoms with Gasteiger partial charge >= 0.3 is 17.8 Å². The van der Waals surface area contributed by atoms with Crippen molar-refractivity contribution in [3.8, 4) is 11.5 Å². The highest BCUT2D eigenvalue weighted by Crippen LogP contribution is 2.31. The molecule has 8 nitrogen and oxygen atoms in total. The number of para-hydroxylation sites is 1. The van der Waals surface area contributed by atoms with E-state index in [9.17, 15) is 19.2 Å². The maximum absolute atomic E-state index is 12.8. The fourth-order valence-electron chi connectivity index (χ4n) is 4.21. The molecule has 2 aromatic carbocycles. The van der Waals surface area contributed by atoms with Crippen LogP contribution < -0.4 is 10.1 Å². The average molecular weight is 435 g/mol. The fourth-order valence-corrected chi connectivity index (χ4v) is 4.21. The van der Waals surface area contributed by atoms with Gasteiger partial charge in [-0.2, -0.15) is 0 Å². The summed E-state index contributed by atoms with van der Waals surface area (Å²) in [5.41, 5.74) is 0.485. The number of carbonyl (C=O) groups is 4. The highest BCUT2D eigenvalue weighted by Gasteiger charge is 2.49.